The Hall–Kier alpha value is -1.34. The minimum absolute atomic E-state index is 0.188. The number of anilines is 1. The monoisotopic (exact) mass is 295 g/mol. The minimum atomic E-state index is 0.188. The lowest BCUT2D eigenvalue weighted by atomic mass is 9.89. The SMILES string of the molecule is CC1(CN=C(N)N2CCN(c3nccs3)CC2)COC1. The maximum absolute atomic E-state index is 6.10. The van der Waals surface area contributed by atoms with Crippen molar-refractivity contribution in [2.45, 2.75) is 6.92 Å². The molecule has 0 amide bonds. The lowest BCUT2D eigenvalue weighted by Gasteiger charge is -2.38. The summed E-state index contributed by atoms with van der Waals surface area (Å²) in [6.45, 7) is 8.24. The Bertz CT molecular complexity index is 463. The minimum Gasteiger partial charge on any atom is -0.380 e. The molecule has 1 aromatic heterocycles. The fourth-order valence-electron chi connectivity index (χ4n) is 2.41. The molecular formula is C13H21N5OS. The Balaban J connectivity index is 1.51. The molecule has 0 radical (unpaired) electrons. The molecule has 3 heterocycles. The van der Waals surface area contributed by atoms with Gasteiger partial charge in [-0.05, 0) is 0 Å². The standard InChI is InChI=1S/C13H21N5OS/c1-13(9-19-10-13)8-16-11(14)17-3-5-18(6-4-17)12-15-2-7-20-12/h2,7H,3-6,8-10H2,1H3,(H2,14,16). The van der Waals surface area contributed by atoms with E-state index in [-0.39, 0.29) is 5.41 Å². The van der Waals surface area contributed by atoms with Crippen LogP contribution in [-0.2, 0) is 4.74 Å². The lowest BCUT2D eigenvalue weighted by molar-refractivity contribution is -0.0945. The molecule has 110 valence electrons. The molecule has 7 heteroatoms. The van der Waals surface area contributed by atoms with Gasteiger partial charge in [0.05, 0.1) is 19.8 Å². The van der Waals surface area contributed by atoms with E-state index in [1.807, 2.05) is 11.6 Å². The average molecular weight is 295 g/mol. The third-order valence-electron chi connectivity index (χ3n) is 3.82. The average Bonchev–Trinajstić information content (AvgIpc) is 2.97. The van der Waals surface area contributed by atoms with Crippen LogP contribution in [0.4, 0.5) is 5.13 Å². The summed E-state index contributed by atoms with van der Waals surface area (Å²) in [6.07, 6.45) is 1.85. The van der Waals surface area contributed by atoms with E-state index < -0.39 is 0 Å². The lowest BCUT2D eigenvalue weighted by Crippen LogP contribution is -2.51. The second kappa shape index (κ2) is 5.57. The summed E-state index contributed by atoms with van der Waals surface area (Å²) in [5.74, 6) is 0.664. The van der Waals surface area contributed by atoms with Crippen LogP contribution in [0.2, 0.25) is 0 Å². The summed E-state index contributed by atoms with van der Waals surface area (Å²) in [5.41, 5.74) is 6.29. The number of aromatic nitrogens is 1. The predicted octanol–water partition coefficient (Wildman–Crippen LogP) is 0.616. The van der Waals surface area contributed by atoms with Crippen molar-refractivity contribution in [3.8, 4) is 0 Å². The first-order valence-electron chi connectivity index (χ1n) is 6.93. The fraction of sp³-hybridized carbons (Fsp3) is 0.692. The van der Waals surface area contributed by atoms with Crippen LogP contribution in [0.3, 0.4) is 0 Å². The fourth-order valence-corrected chi connectivity index (χ4v) is 3.11. The van der Waals surface area contributed by atoms with Crippen molar-refractivity contribution in [3.05, 3.63) is 11.6 Å². The molecule has 0 spiro atoms. The van der Waals surface area contributed by atoms with Crippen molar-refractivity contribution in [1.29, 1.82) is 0 Å². The maximum Gasteiger partial charge on any atom is 0.191 e. The Morgan fingerprint density at radius 2 is 2.20 bits per heavy atom. The number of ether oxygens (including phenoxy) is 1. The summed E-state index contributed by atoms with van der Waals surface area (Å²) < 4.78 is 5.23. The van der Waals surface area contributed by atoms with E-state index in [1.165, 1.54) is 0 Å². The van der Waals surface area contributed by atoms with E-state index in [1.54, 1.807) is 11.3 Å². The third-order valence-corrected chi connectivity index (χ3v) is 4.65. The summed E-state index contributed by atoms with van der Waals surface area (Å²) in [7, 11) is 0. The molecule has 3 rings (SSSR count). The Morgan fingerprint density at radius 3 is 2.75 bits per heavy atom. The van der Waals surface area contributed by atoms with Gasteiger partial charge >= 0.3 is 0 Å². The van der Waals surface area contributed by atoms with Gasteiger partial charge in [0.15, 0.2) is 11.1 Å². The Kier molecular flexibility index (Phi) is 3.80. The van der Waals surface area contributed by atoms with Gasteiger partial charge in [-0.2, -0.15) is 0 Å². The van der Waals surface area contributed by atoms with Crippen LogP contribution >= 0.6 is 11.3 Å². The van der Waals surface area contributed by atoms with Crippen molar-refractivity contribution >= 4 is 22.4 Å². The number of piperazine rings is 1. The van der Waals surface area contributed by atoms with Gasteiger partial charge in [0.25, 0.3) is 0 Å². The molecule has 0 aliphatic carbocycles. The van der Waals surface area contributed by atoms with Crippen LogP contribution < -0.4 is 10.6 Å². The van der Waals surface area contributed by atoms with Crippen LogP contribution in [0, 0.1) is 5.41 Å². The van der Waals surface area contributed by atoms with E-state index in [0.29, 0.717) is 5.96 Å². The molecule has 2 saturated heterocycles. The zero-order chi connectivity index (χ0) is 14.0. The molecule has 1 aromatic rings. The molecule has 6 nitrogen and oxygen atoms in total. The number of rotatable bonds is 3. The van der Waals surface area contributed by atoms with Crippen molar-refractivity contribution in [2.75, 3.05) is 50.8 Å². The number of guanidine groups is 1. The van der Waals surface area contributed by atoms with Crippen LogP contribution in [-0.4, -0.2) is 61.8 Å². The van der Waals surface area contributed by atoms with Crippen molar-refractivity contribution in [1.82, 2.24) is 9.88 Å². The van der Waals surface area contributed by atoms with Gasteiger partial charge in [0.1, 0.15) is 0 Å². The first-order valence-corrected chi connectivity index (χ1v) is 7.81. The van der Waals surface area contributed by atoms with Crippen LogP contribution in [0.5, 0.6) is 0 Å². The summed E-state index contributed by atoms with van der Waals surface area (Å²) >= 11 is 1.68. The molecule has 0 bridgehead atoms. The van der Waals surface area contributed by atoms with E-state index in [4.69, 9.17) is 10.5 Å². The molecule has 0 saturated carbocycles. The molecule has 0 unspecified atom stereocenters. The van der Waals surface area contributed by atoms with Gasteiger partial charge < -0.3 is 20.3 Å². The number of aliphatic imine (C=N–C) groups is 1. The smallest absolute Gasteiger partial charge is 0.191 e. The zero-order valence-electron chi connectivity index (χ0n) is 11.8. The van der Waals surface area contributed by atoms with Crippen LogP contribution in [0.15, 0.2) is 16.6 Å². The molecule has 2 aliphatic rings. The van der Waals surface area contributed by atoms with Gasteiger partial charge in [-0.25, -0.2) is 4.98 Å². The molecule has 20 heavy (non-hydrogen) atoms. The maximum atomic E-state index is 6.10. The van der Waals surface area contributed by atoms with E-state index in [9.17, 15) is 0 Å². The number of hydrogen-bond acceptors (Lipinski definition) is 5. The normalized spacial score (nSPS) is 22.8. The van der Waals surface area contributed by atoms with Gasteiger partial charge in [0, 0.05) is 43.2 Å². The molecule has 2 N–H and O–H groups in total. The predicted molar refractivity (Wildman–Crippen MR) is 81.3 cm³/mol. The first kappa shape index (κ1) is 13.6. The molecule has 2 aliphatic heterocycles. The third kappa shape index (κ3) is 2.88. The first-order chi connectivity index (χ1) is 9.66. The van der Waals surface area contributed by atoms with E-state index in [0.717, 1.165) is 51.1 Å². The zero-order valence-corrected chi connectivity index (χ0v) is 12.6. The Labute approximate surface area is 123 Å². The highest BCUT2D eigenvalue weighted by Crippen LogP contribution is 2.26. The van der Waals surface area contributed by atoms with Gasteiger partial charge in [-0.15, -0.1) is 11.3 Å². The van der Waals surface area contributed by atoms with Crippen molar-refractivity contribution < 1.29 is 4.74 Å². The highest BCUT2D eigenvalue weighted by Gasteiger charge is 2.33. The summed E-state index contributed by atoms with van der Waals surface area (Å²) in [6, 6.07) is 0. The highest BCUT2D eigenvalue weighted by molar-refractivity contribution is 7.13. The topological polar surface area (TPSA) is 67.0 Å². The highest BCUT2D eigenvalue weighted by atomic mass is 32.1. The second-order valence-corrected chi connectivity index (χ2v) is 6.64. The quantitative estimate of drug-likeness (QED) is 0.654. The number of thiazole rings is 1. The van der Waals surface area contributed by atoms with Gasteiger partial charge in [-0.1, -0.05) is 6.92 Å². The van der Waals surface area contributed by atoms with Crippen LogP contribution in [0.25, 0.3) is 0 Å². The van der Waals surface area contributed by atoms with Crippen LogP contribution in [0.1, 0.15) is 6.92 Å². The largest absolute Gasteiger partial charge is 0.380 e. The van der Waals surface area contributed by atoms with Gasteiger partial charge in [0.2, 0.25) is 0 Å². The molecular weight excluding hydrogens is 274 g/mol. The second-order valence-electron chi connectivity index (χ2n) is 5.77. The van der Waals surface area contributed by atoms with Gasteiger partial charge in [-0.3, -0.25) is 4.99 Å². The Morgan fingerprint density at radius 1 is 1.45 bits per heavy atom. The molecule has 2 fully saturated rings. The molecule has 0 atom stereocenters. The summed E-state index contributed by atoms with van der Waals surface area (Å²) in [4.78, 5) is 13.3. The van der Waals surface area contributed by atoms with E-state index >= 15 is 0 Å². The number of nitrogens with two attached hydrogens (primary N) is 1. The number of hydrogen-bond donors (Lipinski definition) is 1. The summed E-state index contributed by atoms with van der Waals surface area (Å²) in [5, 5.41) is 3.11. The van der Waals surface area contributed by atoms with E-state index in [2.05, 4.69) is 26.7 Å². The van der Waals surface area contributed by atoms with Crippen molar-refractivity contribution in [3.63, 3.8) is 0 Å². The number of nitrogens with zero attached hydrogens (tertiary/aromatic N) is 4. The molecule has 0 aromatic carbocycles. The van der Waals surface area contributed by atoms with Crippen molar-refractivity contribution in [2.24, 2.45) is 16.1 Å².